The van der Waals surface area contributed by atoms with Gasteiger partial charge in [0.05, 0.1) is 6.10 Å². The Balaban J connectivity index is 1.91. The molecular formula is C16H25NO2. The average molecular weight is 263 g/mol. The van der Waals surface area contributed by atoms with Crippen molar-refractivity contribution in [3.8, 4) is 5.75 Å². The second-order valence-corrected chi connectivity index (χ2v) is 6.76. The first-order valence-electron chi connectivity index (χ1n) is 7.09. The largest absolute Gasteiger partial charge is 0.508 e. The van der Waals surface area contributed by atoms with Crippen molar-refractivity contribution in [3.05, 3.63) is 29.3 Å². The summed E-state index contributed by atoms with van der Waals surface area (Å²) < 4.78 is 0. The van der Waals surface area contributed by atoms with Crippen molar-refractivity contribution in [2.75, 3.05) is 6.54 Å². The van der Waals surface area contributed by atoms with Gasteiger partial charge in [-0.3, -0.25) is 0 Å². The first-order valence-corrected chi connectivity index (χ1v) is 7.09. The van der Waals surface area contributed by atoms with E-state index in [1.807, 2.05) is 6.07 Å². The zero-order valence-electron chi connectivity index (χ0n) is 12.1. The minimum absolute atomic E-state index is 0.146. The molecule has 1 aromatic carbocycles. The van der Waals surface area contributed by atoms with Crippen molar-refractivity contribution in [1.29, 1.82) is 0 Å². The maximum atomic E-state index is 10.0. The average Bonchev–Trinajstić information content (AvgIpc) is 2.69. The van der Waals surface area contributed by atoms with Crippen LogP contribution in [0.1, 0.15) is 50.8 Å². The summed E-state index contributed by atoms with van der Waals surface area (Å²) in [6, 6.07) is 5.96. The Labute approximate surface area is 115 Å². The number of rotatable bonds is 4. The number of hydrogen-bond donors (Lipinski definition) is 3. The van der Waals surface area contributed by atoms with Crippen LogP contribution in [0.5, 0.6) is 5.75 Å². The van der Waals surface area contributed by atoms with Crippen LogP contribution in [-0.4, -0.2) is 22.9 Å². The van der Waals surface area contributed by atoms with E-state index in [1.165, 1.54) is 5.56 Å². The molecule has 0 bridgehead atoms. The van der Waals surface area contributed by atoms with E-state index in [0.29, 0.717) is 12.3 Å². The number of nitrogens with one attached hydrogen (secondary N) is 1. The van der Waals surface area contributed by atoms with Crippen LogP contribution < -0.4 is 5.32 Å². The molecule has 0 amide bonds. The second-order valence-electron chi connectivity index (χ2n) is 6.76. The zero-order chi connectivity index (χ0) is 14.0. The van der Waals surface area contributed by atoms with Crippen LogP contribution in [0.4, 0.5) is 0 Å². The van der Waals surface area contributed by atoms with E-state index in [4.69, 9.17) is 0 Å². The molecule has 2 rings (SSSR count). The normalized spacial score (nSPS) is 20.3. The fourth-order valence-electron chi connectivity index (χ4n) is 2.90. The lowest BCUT2D eigenvalue weighted by molar-refractivity contribution is 0.116. The molecule has 0 fully saturated rings. The van der Waals surface area contributed by atoms with Gasteiger partial charge in [-0.05, 0) is 41.9 Å². The Kier molecular flexibility index (Phi) is 4.16. The van der Waals surface area contributed by atoms with Crippen molar-refractivity contribution < 1.29 is 10.2 Å². The van der Waals surface area contributed by atoms with Crippen LogP contribution in [0, 0.1) is 5.41 Å². The maximum Gasteiger partial charge on any atom is 0.119 e. The number of phenolic OH excluding ortho intramolecular Hbond substituents is 1. The molecule has 3 N–H and O–H groups in total. The number of hydrogen-bond acceptors (Lipinski definition) is 3. The number of fused-ring (bicyclic) bond motifs is 1. The molecule has 0 spiro atoms. The van der Waals surface area contributed by atoms with E-state index in [1.54, 1.807) is 6.07 Å². The van der Waals surface area contributed by atoms with Crippen molar-refractivity contribution in [1.82, 2.24) is 5.32 Å². The van der Waals surface area contributed by atoms with E-state index < -0.39 is 0 Å². The standard InChI is InChI=1S/C16H25NO2/c1-16(2,3)9-11(18)10-17-14-8-7-13-12(14)5-4-6-15(13)19/h4-6,11,14,17-19H,7-10H2,1-3H3. The molecule has 0 heterocycles. The third kappa shape index (κ3) is 3.71. The van der Waals surface area contributed by atoms with Gasteiger partial charge in [-0.25, -0.2) is 0 Å². The topological polar surface area (TPSA) is 52.5 Å². The molecule has 106 valence electrons. The van der Waals surface area contributed by atoms with Gasteiger partial charge in [0.15, 0.2) is 0 Å². The SMILES string of the molecule is CC(C)(C)CC(O)CNC1CCc2c(O)cccc21. The molecule has 1 aliphatic carbocycles. The first kappa shape index (κ1) is 14.4. The van der Waals surface area contributed by atoms with Gasteiger partial charge in [0.2, 0.25) is 0 Å². The molecule has 3 heteroatoms. The van der Waals surface area contributed by atoms with Gasteiger partial charge in [-0.2, -0.15) is 0 Å². The lowest BCUT2D eigenvalue weighted by Crippen LogP contribution is -2.32. The van der Waals surface area contributed by atoms with Gasteiger partial charge in [-0.15, -0.1) is 0 Å². The maximum absolute atomic E-state index is 10.0. The monoisotopic (exact) mass is 263 g/mol. The molecule has 2 unspecified atom stereocenters. The Morgan fingerprint density at radius 3 is 2.79 bits per heavy atom. The summed E-state index contributed by atoms with van der Waals surface area (Å²) in [5.74, 6) is 0.400. The quantitative estimate of drug-likeness (QED) is 0.783. The van der Waals surface area contributed by atoms with Gasteiger partial charge in [-0.1, -0.05) is 32.9 Å². The zero-order valence-corrected chi connectivity index (χ0v) is 12.1. The van der Waals surface area contributed by atoms with Crippen molar-refractivity contribution in [2.24, 2.45) is 5.41 Å². The van der Waals surface area contributed by atoms with E-state index in [9.17, 15) is 10.2 Å². The summed E-state index contributed by atoms with van der Waals surface area (Å²) in [4.78, 5) is 0. The molecule has 0 saturated heterocycles. The Morgan fingerprint density at radius 2 is 2.11 bits per heavy atom. The third-order valence-corrected chi connectivity index (χ3v) is 3.69. The third-order valence-electron chi connectivity index (χ3n) is 3.69. The van der Waals surface area contributed by atoms with Gasteiger partial charge in [0.1, 0.15) is 5.75 Å². The highest BCUT2D eigenvalue weighted by molar-refractivity contribution is 5.44. The Morgan fingerprint density at radius 1 is 1.37 bits per heavy atom. The van der Waals surface area contributed by atoms with Gasteiger partial charge >= 0.3 is 0 Å². The summed E-state index contributed by atoms with van der Waals surface area (Å²) in [6.45, 7) is 7.02. The molecule has 0 radical (unpaired) electrons. The van der Waals surface area contributed by atoms with Crippen molar-refractivity contribution >= 4 is 0 Å². The summed E-state index contributed by atoms with van der Waals surface area (Å²) in [7, 11) is 0. The summed E-state index contributed by atoms with van der Waals surface area (Å²) in [5, 5.41) is 23.3. The second kappa shape index (κ2) is 5.51. The minimum Gasteiger partial charge on any atom is -0.508 e. The fraction of sp³-hybridized carbons (Fsp3) is 0.625. The van der Waals surface area contributed by atoms with E-state index >= 15 is 0 Å². The van der Waals surface area contributed by atoms with Gasteiger partial charge < -0.3 is 15.5 Å². The molecule has 0 aliphatic heterocycles. The fourth-order valence-corrected chi connectivity index (χ4v) is 2.90. The smallest absolute Gasteiger partial charge is 0.119 e. The molecule has 1 aliphatic rings. The van der Waals surface area contributed by atoms with Crippen molar-refractivity contribution in [3.63, 3.8) is 0 Å². The molecule has 0 saturated carbocycles. The number of phenols is 1. The lowest BCUT2D eigenvalue weighted by Gasteiger charge is -2.24. The molecule has 0 aromatic heterocycles. The van der Waals surface area contributed by atoms with Gasteiger partial charge in [0.25, 0.3) is 0 Å². The molecule has 1 aromatic rings. The van der Waals surface area contributed by atoms with Crippen LogP contribution in [0.25, 0.3) is 0 Å². The minimum atomic E-state index is -0.318. The van der Waals surface area contributed by atoms with Crippen LogP contribution in [0.15, 0.2) is 18.2 Å². The van der Waals surface area contributed by atoms with Crippen LogP contribution in [0.2, 0.25) is 0 Å². The number of aromatic hydroxyl groups is 1. The van der Waals surface area contributed by atoms with E-state index in [-0.39, 0.29) is 17.6 Å². The predicted molar refractivity (Wildman–Crippen MR) is 77.3 cm³/mol. The molecule has 2 atom stereocenters. The lowest BCUT2D eigenvalue weighted by atomic mass is 9.89. The van der Waals surface area contributed by atoms with Crippen LogP contribution in [-0.2, 0) is 6.42 Å². The number of aliphatic hydroxyl groups excluding tert-OH is 1. The summed E-state index contributed by atoms with van der Waals surface area (Å²) >= 11 is 0. The highest BCUT2D eigenvalue weighted by atomic mass is 16.3. The number of benzene rings is 1. The van der Waals surface area contributed by atoms with Gasteiger partial charge in [0, 0.05) is 12.6 Å². The number of aliphatic hydroxyl groups is 1. The first-order chi connectivity index (χ1) is 8.87. The van der Waals surface area contributed by atoms with E-state index in [2.05, 4.69) is 32.2 Å². The molecular weight excluding hydrogens is 238 g/mol. The summed E-state index contributed by atoms with van der Waals surface area (Å²) in [5.41, 5.74) is 2.39. The Hall–Kier alpha value is -1.06. The Bertz CT molecular complexity index is 437. The highest BCUT2D eigenvalue weighted by Gasteiger charge is 2.25. The van der Waals surface area contributed by atoms with Crippen molar-refractivity contribution in [2.45, 2.75) is 52.2 Å². The predicted octanol–water partition coefficient (Wildman–Crippen LogP) is 2.77. The van der Waals surface area contributed by atoms with Crippen LogP contribution in [0.3, 0.4) is 0 Å². The van der Waals surface area contributed by atoms with Crippen LogP contribution >= 0.6 is 0 Å². The summed E-state index contributed by atoms with van der Waals surface area (Å²) in [6.07, 6.45) is 2.38. The highest BCUT2D eigenvalue weighted by Crippen LogP contribution is 2.36. The molecule has 19 heavy (non-hydrogen) atoms. The molecule has 3 nitrogen and oxygen atoms in total. The van der Waals surface area contributed by atoms with E-state index in [0.717, 1.165) is 24.8 Å².